The Kier molecular flexibility index (Phi) is 3.92. The molecule has 0 radical (unpaired) electrons. The lowest BCUT2D eigenvalue weighted by atomic mass is 9.63. The summed E-state index contributed by atoms with van der Waals surface area (Å²) in [5.41, 5.74) is 3.87. The molecule has 2 aliphatic rings. The number of nitrogens with one attached hydrogen (secondary N) is 1. The quantitative estimate of drug-likeness (QED) is 0.897. The Morgan fingerprint density at radius 1 is 1.04 bits per heavy atom. The molecule has 0 spiro atoms. The van der Waals surface area contributed by atoms with E-state index >= 15 is 0 Å². The molecular weight excluding hydrogens is 306 g/mol. The molecule has 0 aromatic heterocycles. The molecule has 3 rings (SSSR count). The summed E-state index contributed by atoms with van der Waals surface area (Å²) in [6.45, 7) is 10.9. The SMILES string of the molecule is C[C@H](c1ccc2c(c1)C(C)(C)CCC2(C)C)S(=O)(=O)NC1CC1. The zero-order valence-electron chi connectivity index (χ0n) is 14.9. The Bertz CT molecular complexity index is 715. The Morgan fingerprint density at radius 2 is 1.61 bits per heavy atom. The van der Waals surface area contributed by atoms with Gasteiger partial charge in [-0.15, -0.1) is 0 Å². The van der Waals surface area contributed by atoms with Crippen molar-refractivity contribution in [2.24, 2.45) is 0 Å². The molecule has 0 amide bonds. The van der Waals surface area contributed by atoms with E-state index in [-0.39, 0.29) is 16.9 Å². The Labute approximate surface area is 140 Å². The van der Waals surface area contributed by atoms with Crippen LogP contribution in [0, 0.1) is 0 Å². The normalized spacial score (nSPS) is 24.0. The smallest absolute Gasteiger partial charge is 0.212 e. The second-order valence-corrected chi connectivity index (χ2v) is 10.7. The van der Waals surface area contributed by atoms with E-state index in [4.69, 9.17) is 0 Å². The fourth-order valence-electron chi connectivity index (χ4n) is 3.57. The molecule has 1 atom stereocenters. The minimum absolute atomic E-state index is 0.105. The Hall–Kier alpha value is -0.870. The summed E-state index contributed by atoms with van der Waals surface area (Å²) >= 11 is 0. The number of hydrogen-bond donors (Lipinski definition) is 1. The van der Waals surface area contributed by atoms with Gasteiger partial charge in [0.05, 0.1) is 5.25 Å². The van der Waals surface area contributed by atoms with Gasteiger partial charge in [-0.25, -0.2) is 13.1 Å². The largest absolute Gasteiger partial charge is 0.218 e. The summed E-state index contributed by atoms with van der Waals surface area (Å²) in [6.07, 6.45) is 4.25. The van der Waals surface area contributed by atoms with Crippen LogP contribution in [0.2, 0.25) is 0 Å². The van der Waals surface area contributed by atoms with Crippen molar-refractivity contribution in [3.63, 3.8) is 0 Å². The number of sulfonamides is 1. The molecule has 0 bridgehead atoms. The van der Waals surface area contributed by atoms with Gasteiger partial charge in [0.15, 0.2) is 0 Å². The van der Waals surface area contributed by atoms with Crippen molar-refractivity contribution < 1.29 is 8.42 Å². The number of benzene rings is 1. The molecule has 0 unspecified atom stereocenters. The topological polar surface area (TPSA) is 46.2 Å². The van der Waals surface area contributed by atoms with Gasteiger partial charge in [0.2, 0.25) is 10.0 Å². The highest BCUT2D eigenvalue weighted by Gasteiger charge is 2.38. The molecule has 0 saturated heterocycles. The fourth-order valence-corrected chi connectivity index (χ4v) is 4.98. The van der Waals surface area contributed by atoms with E-state index in [9.17, 15) is 8.42 Å². The monoisotopic (exact) mass is 335 g/mol. The van der Waals surface area contributed by atoms with Crippen molar-refractivity contribution in [3.05, 3.63) is 34.9 Å². The zero-order chi connectivity index (χ0) is 17.0. The second kappa shape index (κ2) is 5.32. The molecule has 3 nitrogen and oxygen atoms in total. The molecule has 4 heteroatoms. The highest BCUT2D eigenvalue weighted by Crippen LogP contribution is 2.46. The molecule has 0 aliphatic heterocycles. The van der Waals surface area contributed by atoms with Crippen LogP contribution in [0.4, 0.5) is 0 Å². The van der Waals surface area contributed by atoms with Gasteiger partial charge in [-0.05, 0) is 60.1 Å². The number of fused-ring (bicyclic) bond motifs is 1. The van der Waals surface area contributed by atoms with Crippen LogP contribution in [0.3, 0.4) is 0 Å². The standard InChI is InChI=1S/C19H29NO2S/c1-13(23(21,22)20-15-7-8-15)14-6-9-16-17(12-14)19(4,5)11-10-18(16,2)3/h6,9,12-13,15,20H,7-8,10-11H2,1-5H3/t13-/m1/s1. The molecule has 1 saturated carbocycles. The van der Waals surface area contributed by atoms with Crippen molar-refractivity contribution in [2.45, 2.75) is 82.4 Å². The van der Waals surface area contributed by atoms with Crippen molar-refractivity contribution in [1.82, 2.24) is 4.72 Å². The predicted molar refractivity (Wildman–Crippen MR) is 95.2 cm³/mol. The maximum absolute atomic E-state index is 12.5. The summed E-state index contributed by atoms with van der Waals surface area (Å²) < 4.78 is 27.9. The van der Waals surface area contributed by atoms with Crippen LogP contribution < -0.4 is 4.72 Å². The van der Waals surface area contributed by atoms with Gasteiger partial charge in [0.25, 0.3) is 0 Å². The van der Waals surface area contributed by atoms with E-state index in [1.807, 2.05) is 6.07 Å². The van der Waals surface area contributed by atoms with Crippen molar-refractivity contribution in [3.8, 4) is 0 Å². The van der Waals surface area contributed by atoms with Gasteiger partial charge < -0.3 is 0 Å². The molecule has 128 valence electrons. The summed E-state index contributed by atoms with van der Waals surface area (Å²) in [4.78, 5) is 0. The third kappa shape index (κ3) is 3.20. The second-order valence-electron chi connectivity index (χ2n) is 8.65. The third-order valence-corrected chi connectivity index (χ3v) is 7.58. The van der Waals surface area contributed by atoms with Gasteiger partial charge >= 0.3 is 0 Å². The van der Waals surface area contributed by atoms with Gasteiger partial charge in [0, 0.05) is 6.04 Å². The van der Waals surface area contributed by atoms with E-state index in [1.165, 1.54) is 17.5 Å². The molecule has 23 heavy (non-hydrogen) atoms. The van der Waals surface area contributed by atoms with E-state index in [1.54, 1.807) is 6.92 Å². The minimum atomic E-state index is -3.29. The van der Waals surface area contributed by atoms with Gasteiger partial charge in [-0.1, -0.05) is 45.9 Å². The lowest BCUT2D eigenvalue weighted by Gasteiger charge is -2.42. The van der Waals surface area contributed by atoms with E-state index in [2.05, 4.69) is 44.5 Å². The van der Waals surface area contributed by atoms with Gasteiger partial charge in [-0.3, -0.25) is 0 Å². The zero-order valence-corrected chi connectivity index (χ0v) is 15.8. The van der Waals surface area contributed by atoms with Crippen LogP contribution in [0.25, 0.3) is 0 Å². The molecule has 2 aliphatic carbocycles. The van der Waals surface area contributed by atoms with E-state index < -0.39 is 15.3 Å². The average molecular weight is 336 g/mol. The summed E-state index contributed by atoms with van der Waals surface area (Å²) in [5, 5.41) is -0.505. The first kappa shape index (κ1) is 17.0. The summed E-state index contributed by atoms with van der Waals surface area (Å²) in [6, 6.07) is 6.48. The summed E-state index contributed by atoms with van der Waals surface area (Å²) in [7, 11) is -3.29. The maximum Gasteiger partial charge on any atom is 0.218 e. The minimum Gasteiger partial charge on any atom is -0.212 e. The van der Waals surface area contributed by atoms with Crippen molar-refractivity contribution in [1.29, 1.82) is 0 Å². The lowest BCUT2D eigenvalue weighted by Crippen LogP contribution is -2.34. The molecule has 1 aromatic rings. The van der Waals surface area contributed by atoms with Crippen LogP contribution in [0.1, 0.15) is 82.2 Å². The van der Waals surface area contributed by atoms with Gasteiger partial charge in [-0.2, -0.15) is 0 Å². The van der Waals surface area contributed by atoms with Crippen LogP contribution in [-0.2, 0) is 20.9 Å². The first-order chi connectivity index (χ1) is 10.5. The Balaban J connectivity index is 1.99. The first-order valence-electron chi connectivity index (χ1n) is 8.69. The van der Waals surface area contributed by atoms with Gasteiger partial charge in [0.1, 0.15) is 0 Å². The highest BCUT2D eigenvalue weighted by molar-refractivity contribution is 7.89. The number of hydrogen-bond acceptors (Lipinski definition) is 2. The van der Waals surface area contributed by atoms with Crippen molar-refractivity contribution >= 4 is 10.0 Å². The predicted octanol–water partition coefficient (Wildman–Crippen LogP) is 4.18. The van der Waals surface area contributed by atoms with E-state index in [0.717, 1.165) is 24.8 Å². The highest BCUT2D eigenvalue weighted by atomic mass is 32.2. The Morgan fingerprint density at radius 3 is 2.17 bits per heavy atom. The molecule has 0 heterocycles. The molecule has 1 N–H and O–H groups in total. The van der Waals surface area contributed by atoms with Crippen LogP contribution in [0.15, 0.2) is 18.2 Å². The van der Waals surface area contributed by atoms with Crippen molar-refractivity contribution in [2.75, 3.05) is 0 Å². The van der Waals surface area contributed by atoms with Crippen LogP contribution in [0.5, 0.6) is 0 Å². The van der Waals surface area contributed by atoms with Crippen LogP contribution >= 0.6 is 0 Å². The number of rotatable bonds is 4. The average Bonchev–Trinajstić information content (AvgIpc) is 3.26. The van der Waals surface area contributed by atoms with Crippen LogP contribution in [-0.4, -0.2) is 14.5 Å². The third-order valence-electron chi connectivity index (χ3n) is 5.72. The molecular formula is C19H29NO2S. The maximum atomic E-state index is 12.5. The van der Waals surface area contributed by atoms with E-state index in [0.29, 0.717) is 0 Å². The first-order valence-corrected chi connectivity index (χ1v) is 10.2. The fraction of sp³-hybridized carbons (Fsp3) is 0.684. The molecule has 1 aromatic carbocycles. The summed E-state index contributed by atoms with van der Waals surface area (Å²) in [5.74, 6) is 0. The lowest BCUT2D eigenvalue weighted by molar-refractivity contribution is 0.331. The molecule has 1 fully saturated rings.